The number of rotatable bonds is 8. The van der Waals surface area contributed by atoms with E-state index in [1.165, 1.54) is 12.1 Å². The lowest BCUT2D eigenvalue weighted by atomic mass is 9.78. The molecule has 0 aliphatic carbocycles. The molecule has 0 atom stereocenters. The summed E-state index contributed by atoms with van der Waals surface area (Å²) in [4.78, 5) is 29.0. The van der Waals surface area contributed by atoms with Gasteiger partial charge in [-0.25, -0.2) is 4.98 Å². The SMILES string of the molecule is CC(C)(C)c1cc(C(=O)Cn2c(NCCCO)nc3ccc([N+](=O)[O-])cc32)cc(C(C)(C)C)c1O. The average Bonchev–Trinajstić information content (AvgIpc) is 3.08. The summed E-state index contributed by atoms with van der Waals surface area (Å²) in [6.45, 7) is 12.2. The highest BCUT2D eigenvalue weighted by Crippen LogP contribution is 2.40. The third-order valence-corrected chi connectivity index (χ3v) is 5.91. The minimum absolute atomic E-state index is 0.00367. The second-order valence-electron chi connectivity index (χ2n) is 10.8. The van der Waals surface area contributed by atoms with Crippen LogP contribution in [-0.4, -0.2) is 43.6 Å². The van der Waals surface area contributed by atoms with Crippen LogP contribution in [0.4, 0.5) is 11.6 Å². The number of nitrogens with zero attached hydrogens (tertiary/aromatic N) is 3. The van der Waals surface area contributed by atoms with E-state index in [1.54, 1.807) is 22.8 Å². The fraction of sp³-hybridized carbons (Fsp3) is 0.462. The van der Waals surface area contributed by atoms with E-state index >= 15 is 0 Å². The van der Waals surface area contributed by atoms with Gasteiger partial charge in [-0.2, -0.15) is 0 Å². The fourth-order valence-corrected chi connectivity index (χ4v) is 3.97. The minimum Gasteiger partial charge on any atom is -0.507 e. The number of aromatic hydroxyl groups is 1. The molecule has 1 aromatic heterocycles. The number of phenols is 1. The Balaban J connectivity index is 2.12. The van der Waals surface area contributed by atoms with Gasteiger partial charge in [0.2, 0.25) is 5.95 Å². The molecule has 0 fully saturated rings. The van der Waals surface area contributed by atoms with Gasteiger partial charge in [0.25, 0.3) is 5.69 Å². The van der Waals surface area contributed by atoms with Gasteiger partial charge in [0.05, 0.1) is 22.5 Å². The van der Waals surface area contributed by atoms with Gasteiger partial charge in [0.15, 0.2) is 5.78 Å². The van der Waals surface area contributed by atoms with E-state index in [9.17, 15) is 20.0 Å². The molecule has 3 aromatic rings. The number of hydrogen-bond acceptors (Lipinski definition) is 7. The summed E-state index contributed by atoms with van der Waals surface area (Å²) < 4.78 is 1.63. The van der Waals surface area contributed by atoms with Crippen molar-refractivity contribution in [2.45, 2.75) is 65.3 Å². The fourth-order valence-electron chi connectivity index (χ4n) is 3.97. The van der Waals surface area contributed by atoms with Crippen molar-refractivity contribution < 1.29 is 19.9 Å². The third-order valence-electron chi connectivity index (χ3n) is 5.91. The van der Waals surface area contributed by atoms with Gasteiger partial charge in [-0.1, -0.05) is 41.5 Å². The molecule has 2 aromatic carbocycles. The Morgan fingerprint density at radius 1 is 1.09 bits per heavy atom. The Hall–Kier alpha value is -3.46. The number of non-ortho nitro benzene ring substituents is 1. The first kappa shape index (κ1) is 26.2. The maximum absolute atomic E-state index is 13.6. The number of nitrogens with one attached hydrogen (secondary N) is 1. The van der Waals surface area contributed by atoms with E-state index in [-0.39, 0.29) is 41.2 Å². The Labute approximate surface area is 205 Å². The first-order valence-corrected chi connectivity index (χ1v) is 11.6. The standard InChI is InChI=1S/C26H34N4O5/c1-25(2,3)18-12-16(13-19(23(18)33)26(4,5)6)22(32)15-29-21-14-17(30(34)35)8-9-20(21)28-24(29)27-10-7-11-31/h8-9,12-14,31,33H,7,10-11,15H2,1-6H3,(H,27,28). The number of nitro benzene ring substituents is 1. The van der Waals surface area contributed by atoms with E-state index in [4.69, 9.17) is 5.11 Å². The monoisotopic (exact) mass is 482 g/mol. The molecular weight excluding hydrogens is 448 g/mol. The molecule has 0 bridgehead atoms. The predicted molar refractivity (Wildman–Crippen MR) is 136 cm³/mol. The number of benzene rings is 2. The number of aromatic nitrogens is 2. The summed E-state index contributed by atoms with van der Waals surface area (Å²) in [7, 11) is 0. The number of hydrogen-bond donors (Lipinski definition) is 3. The molecule has 0 radical (unpaired) electrons. The van der Waals surface area contributed by atoms with E-state index < -0.39 is 4.92 Å². The quantitative estimate of drug-likeness (QED) is 0.180. The maximum Gasteiger partial charge on any atom is 0.271 e. The van der Waals surface area contributed by atoms with Gasteiger partial charge in [0.1, 0.15) is 5.75 Å². The Morgan fingerprint density at radius 2 is 1.69 bits per heavy atom. The molecule has 0 unspecified atom stereocenters. The number of Topliss-reactive ketones (excluding diaryl/α,β-unsaturated/α-hetero) is 1. The third kappa shape index (κ3) is 5.62. The topological polar surface area (TPSA) is 131 Å². The molecule has 0 aliphatic heterocycles. The number of imidazole rings is 1. The highest BCUT2D eigenvalue weighted by atomic mass is 16.6. The number of aliphatic hydroxyl groups excluding tert-OH is 1. The lowest BCUT2D eigenvalue weighted by molar-refractivity contribution is -0.384. The smallest absolute Gasteiger partial charge is 0.271 e. The van der Waals surface area contributed by atoms with Gasteiger partial charge in [0, 0.05) is 42.0 Å². The number of carbonyl (C=O) groups is 1. The lowest BCUT2D eigenvalue weighted by Crippen LogP contribution is -2.20. The molecule has 0 spiro atoms. The van der Waals surface area contributed by atoms with Crippen LogP contribution in [0, 0.1) is 10.1 Å². The zero-order valence-corrected chi connectivity index (χ0v) is 21.2. The van der Waals surface area contributed by atoms with Crippen LogP contribution in [-0.2, 0) is 17.4 Å². The van der Waals surface area contributed by atoms with Crippen molar-refractivity contribution in [3.05, 3.63) is 57.1 Å². The molecule has 9 nitrogen and oxygen atoms in total. The van der Waals surface area contributed by atoms with E-state index in [2.05, 4.69) is 10.3 Å². The number of aliphatic hydroxyl groups is 1. The van der Waals surface area contributed by atoms with Crippen molar-refractivity contribution in [1.29, 1.82) is 0 Å². The van der Waals surface area contributed by atoms with Crippen molar-refractivity contribution in [1.82, 2.24) is 9.55 Å². The summed E-state index contributed by atoms with van der Waals surface area (Å²) in [6, 6.07) is 7.80. The van der Waals surface area contributed by atoms with Crippen LogP contribution < -0.4 is 5.32 Å². The molecule has 188 valence electrons. The van der Waals surface area contributed by atoms with E-state index in [0.29, 0.717) is 46.6 Å². The van der Waals surface area contributed by atoms with Gasteiger partial charge >= 0.3 is 0 Å². The first-order chi connectivity index (χ1) is 16.2. The highest BCUT2D eigenvalue weighted by molar-refractivity contribution is 5.98. The van der Waals surface area contributed by atoms with Gasteiger partial charge < -0.3 is 20.1 Å². The summed E-state index contributed by atoms with van der Waals surface area (Å²) in [6.07, 6.45) is 0.485. The van der Waals surface area contributed by atoms with E-state index in [0.717, 1.165) is 0 Å². The zero-order valence-electron chi connectivity index (χ0n) is 21.2. The van der Waals surface area contributed by atoms with Crippen LogP contribution in [0.2, 0.25) is 0 Å². The van der Waals surface area contributed by atoms with Crippen LogP contribution >= 0.6 is 0 Å². The predicted octanol–water partition coefficient (Wildman–Crippen LogP) is 4.92. The molecule has 0 saturated heterocycles. The number of carbonyl (C=O) groups excluding carboxylic acids is 1. The van der Waals surface area contributed by atoms with E-state index in [1.807, 2.05) is 41.5 Å². The summed E-state index contributed by atoms with van der Waals surface area (Å²) >= 11 is 0. The molecule has 0 amide bonds. The van der Waals surface area contributed by atoms with Crippen LogP contribution in [0.5, 0.6) is 5.75 Å². The lowest BCUT2D eigenvalue weighted by Gasteiger charge is -2.28. The molecule has 3 rings (SSSR count). The van der Waals surface area contributed by atoms with Crippen molar-refractivity contribution >= 4 is 28.5 Å². The number of phenolic OH excluding ortho intramolecular Hbond substituents is 1. The minimum atomic E-state index is -0.483. The van der Waals surface area contributed by atoms with Gasteiger partial charge in [-0.15, -0.1) is 0 Å². The normalized spacial score (nSPS) is 12.2. The van der Waals surface area contributed by atoms with Crippen LogP contribution in [0.1, 0.15) is 69.4 Å². The van der Waals surface area contributed by atoms with Gasteiger partial charge in [-0.05, 0) is 35.4 Å². The molecule has 9 heteroatoms. The Kier molecular flexibility index (Phi) is 7.21. The number of anilines is 1. The van der Waals surface area contributed by atoms with Crippen molar-refractivity contribution in [2.75, 3.05) is 18.5 Å². The molecule has 3 N–H and O–H groups in total. The Bertz CT molecular complexity index is 1230. The number of fused-ring (bicyclic) bond motifs is 1. The summed E-state index contributed by atoms with van der Waals surface area (Å²) in [5, 5.41) is 34.6. The summed E-state index contributed by atoms with van der Waals surface area (Å²) in [5.41, 5.74) is 1.92. The van der Waals surface area contributed by atoms with Gasteiger partial charge in [-0.3, -0.25) is 14.9 Å². The molecule has 1 heterocycles. The second kappa shape index (κ2) is 9.65. The number of nitro groups is 1. The van der Waals surface area contributed by atoms with Crippen molar-refractivity contribution in [3.63, 3.8) is 0 Å². The molecule has 0 saturated carbocycles. The van der Waals surface area contributed by atoms with Crippen molar-refractivity contribution in [2.24, 2.45) is 0 Å². The van der Waals surface area contributed by atoms with Crippen LogP contribution in [0.15, 0.2) is 30.3 Å². The molecule has 0 aliphatic rings. The largest absolute Gasteiger partial charge is 0.507 e. The highest BCUT2D eigenvalue weighted by Gasteiger charge is 2.28. The Morgan fingerprint density at radius 3 is 2.20 bits per heavy atom. The van der Waals surface area contributed by atoms with Crippen molar-refractivity contribution in [3.8, 4) is 5.75 Å². The van der Waals surface area contributed by atoms with Crippen LogP contribution in [0.25, 0.3) is 11.0 Å². The molecular formula is C26H34N4O5. The molecule has 35 heavy (non-hydrogen) atoms. The number of ketones is 1. The first-order valence-electron chi connectivity index (χ1n) is 11.6. The summed E-state index contributed by atoms with van der Waals surface area (Å²) in [5.74, 6) is 0.377. The zero-order chi connectivity index (χ0) is 26.1. The van der Waals surface area contributed by atoms with Crippen LogP contribution in [0.3, 0.4) is 0 Å². The second-order valence-corrected chi connectivity index (χ2v) is 10.8. The maximum atomic E-state index is 13.6. The average molecular weight is 483 g/mol.